The highest BCUT2D eigenvalue weighted by atomic mass is 16.3. The number of rotatable bonds is 3. The minimum Gasteiger partial charge on any atom is -0.396 e. The van der Waals surface area contributed by atoms with Crippen LogP contribution in [0, 0.1) is 34.5 Å². The zero-order chi connectivity index (χ0) is 16.8. The van der Waals surface area contributed by atoms with Crippen molar-refractivity contribution in [3.05, 3.63) is 0 Å². The standard InChI is InChI=1S/C20H34O3/c1-4-17-16-6-5-14-11-15(23)7-10-20(14,12-21)18(16)8-9-19(17,3)13(2)22/h14-18,21,23H,4-12H2,1-3H3/t14?,15?,16?,17-,18-,19?,20?/m0/s1. The lowest BCUT2D eigenvalue weighted by atomic mass is 9.43. The number of carbonyl (C=O) groups is 1. The SMILES string of the molecule is CC[C@H]1C2CCC3CC(O)CCC3(CO)[C@H]2CCC1(C)C(C)=O. The van der Waals surface area contributed by atoms with Crippen LogP contribution in [0.2, 0.25) is 0 Å². The molecule has 0 radical (unpaired) electrons. The lowest BCUT2D eigenvalue weighted by Crippen LogP contribution is -2.57. The Kier molecular flexibility index (Phi) is 4.65. The first-order chi connectivity index (χ1) is 10.9. The Hall–Kier alpha value is -0.410. The monoisotopic (exact) mass is 322 g/mol. The molecule has 0 aliphatic heterocycles. The molecule has 23 heavy (non-hydrogen) atoms. The molecule has 2 N–H and O–H groups in total. The Labute approximate surface area is 140 Å². The van der Waals surface area contributed by atoms with Gasteiger partial charge in [-0.3, -0.25) is 4.79 Å². The maximum absolute atomic E-state index is 12.4. The highest BCUT2D eigenvalue weighted by molar-refractivity contribution is 5.82. The average molecular weight is 322 g/mol. The van der Waals surface area contributed by atoms with Crippen molar-refractivity contribution in [3.8, 4) is 0 Å². The van der Waals surface area contributed by atoms with E-state index in [9.17, 15) is 15.0 Å². The van der Waals surface area contributed by atoms with Gasteiger partial charge in [-0.05, 0) is 81.0 Å². The number of aliphatic hydroxyl groups excluding tert-OH is 2. The first kappa shape index (κ1) is 17.4. The normalized spacial score (nSPS) is 50.0. The number of ketones is 1. The number of fused-ring (bicyclic) bond motifs is 3. The van der Waals surface area contributed by atoms with Gasteiger partial charge in [0.2, 0.25) is 0 Å². The van der Waals surface area contributed by atoms with Gasteiger partial charge in [0.15, 0.2) is 0 Å². The summed E-state index contributed by atoms with van der Waals surface area (Å²) < 4.78 is 0. The van der Waals surface area contributed by atoms with Crippen molar-refractivity contribution < 1.29 is 15.0 Å². The molecule has 7 atom stereocenters. The highest BCUT2D eigenvalue weighted by Gasteiger charge is 2.59. The molecule has 3 nitrogen and oxygen atoms in total. The minimum atomic E-state index is -0.177. The first-order valence-corrected chi connectivity index (χ1v) is 9.69. The Morgan fingerprint density at radius 1 is 1.17 bits per heavy atom. The van der Waals surface area contributed by atoms with Gasteiger partial charge in [-0.15, -0.1) is 0 Å². The molecule has 3 heteroatoms. The molecule has 0 saturated heterocycles. The van der Waals surface area contributed by atoms with Crippen LogP contribution in [0.5, 0.6) is 0 Å². The maximum Gasteiger partial charge on any atom is 0.135 e. The second-order valence-corrected chi connectivity index (χ2v) is 8.89. The van der Waals surface area contributed by atoms with Crippen LogP contribution in [0.3, 0.4) is 0 Å². The predicted octanol–water partition coefficient (Wildman–Crippen LogP) is 3.57. The van der Waals surface area contributed by atoms with Gasteiger partial charge in [-0.1, -0.05) is 20.3 Å². The topological polar surface area (TPSA) is 57.5 Å². The second kappa shape index (κ2) is 6.15. The number of hydrogen-bond acceptors (Lipinski definition) is 3. The maximum atomic E-state index is 12.4. The van der Waals surface area contributed by atoms with Gasteiger partial charge in [0.05, 0.1) is 6.10 Å². The van der Waals surface area contributed by atoms with E-state index in [4.69, 9.17) is 0 Å². The molecule has 0 aromatic rings. The molecule has 3 saturated carbocycles. The van der Waals surface area contributed by atoms with Crippen LogP contribution in [-0.4, -0.2) is 28.7 Å². The molecule has 0 aromatic heterocycles. The molecule has 132 valence electrons. The molecular weight excluding hydrogens is 288 g/mol. The van der Waals surface area contributed by atoms with E-state index in [1.54, 1.807) is 6.92 Å². The first-order valence-electron chi connectivity index (χ1n) is 9.69. The molecule has 3 rings (SSSR count). The van der Waals surface area contributed by atoms with E-state index in [-0.39, 0.29) is 23.5 Å². The van der Waals surface area contributed by atoms with E-state index in [0.717, 1.165) is 44.9 Å². The Balaban J connectivity index is 1.93. The van der Waals surface area contributed by atoms with Crippen molar-refractivity contribution in [2.75, 3.05) is 6.61 Å². The summed E-state index contributed by atoms with van der Waals surface area (Å²) in [5.41, 5.74) is -0.165. The summed E-state index contributed by atoms with van der Waals surface area (Å²) in [6, 6.07) is 0. The smallest absolute Gasteiger partial charge is 0.135 e. The van der Waals surface area contributed by atoms with Gasteiger partial charge >= 0.3 is 0 Å². The van der Waals surface area contributed by atoms with E-state index in [1.165, 1.54) is 6.42 Å². The van der Waals surface area contributed by atoms with Crippen molar-refractivity contribution >= 4 is 5.78 Å². The number of Topliss-reactive ketones (excluding diaryl/α,β-unsaturated/α-hetero) is 1. The molecule has 0 aromatic carbocycles. The van der Waals surface area contributed by atoms with Gasteiger partial charge in [-0.25, -0.2) is 0 Å². The summed E-state index contributed by atoms with van der Waals surface area (Å²) in [5, 5.41) is 20.4. The van der Waals surface area contributed by atoms with E-state index in [1.807, 2.05) is 0 Å². The van der Waals surface area contributed by atoms with Crippen LogP contribution >= 0.6 is 0 Å². The predicted molar refractivity (Wildman–Crippen MR) is 90.9 cm³/mol. The zero-order valence-corrected chi connectivity index (χ0v) is 15.1. The van der Waals surface area contributed by atoms with Crippen molar-refractivity contribution in [1.82, 2.24) is 0 Å². The van der Waals surface area contributed by atoms with Crippen molar-refractivity contribution in [1.29, 1.82) is 0 Å². The van der Waals surface area contributed by atoms with Crippen LogP contribution in [0.1, 0.15) is 72.1 Å². The van der Waals surface area contributed by atoms with Crippen LogP contribution in [0.4, 0.5) is 0 Å². The van der Waals surface area contributed by atoms with Gasteiger partial charge in [0.25, 0.3) is 0 Å². The fourth-order valence-corrected chi connectivity index (χ4v) is 6.85. The molecule has 5 unspecified atom stereocenters. The minimum absolute atomic E-state index is 0.00762. The van der Waals surface area contributed by atoms with Crippen molar-refractivity contribution in [3.63, 3.8) is 0 Å². The van der Waals surface area contributed by atoms with Gasteiger partial charge in [0.1, 0.15) is 5.78 Å². The summed E-state index contributed by atoms with van der Waals surface area (Å²) in [6.07, 6.45) is 7.88. The second-order valence-electron chi connectivity index (χ2n) is 8.89. The highest BCUT2D eigenvalue weighted by Crippen LogP contribution is 2.63. The summed E-state index contributed by atoms with van der Waals surface area (Å²) >= 11 is 0. The Morgan fingerprint density at radius 3 is 2.52 bits per heavy atom. The van der Waals surface area contributed by atoms with Crippen LogP contribution in [-0.2, 0) is 4.79 Å². The van der Waals surface area contributed by atoms with Gasteiger partial charge in [0, 0.05) is 12.0 Å². The zero-order valence-electron chi connectivity index (χ0n) is 15.1. The fourth-order valence-electron chi connectivity index (χ4n) is 6.85. The summed E-state index contributed by atoms with van der Waals surface area (Å²) in [6.45, 7) is 6.45. The lowest BCUT2D eigenvalue weighted by molar-refractivity contribution is -0.163. The third kappa shape index (κ3) is 2.50. The largest absolute Gasteiger partial charge is 0.396 e. The molecule has 3 fully saturated rings. The molecule has 3 aliphatic rings. The number of hydrogen-bond donors (Lipinski definition) is 2. The molecule has 0 heterocycles. The molecule has 0 bridgehead atoms. The van der Waals surface area contributed by atoms with Crippen LogP contribution in [0.25, 0.3) is 0 Å². The molecule has 0 spiro atoms. The number of aliphatic hydroxyl groups is 2. The molecular formula is C20H34O3. The molecule has 0 amide bonds. The Morgan fingerprint density at radius 2 is 1.91 bits per heavy atom. The lowest BCUT2D eigenvalue weighted by Gasteiger charge is -2.61. The van der Waals surface area contributed by atoms with Gasteiger partial charge in [-0.2, -0.15) is 0 Å². The summed E-state index contributed by atoms with van der Waals surface area (Å²) in [7, 11) is 0. The summed E-state index contributed by atoms with van der Waals surface area (Å²) in [5.74, 6) is 2.38. The van der Waals surface area contributed by atoms with Crippen molar-refractivity contribution in [2.45, 2.75) is 78.2 Å². The van der Waals surface area contributed by atoms with Gasteiger partial charge < -0.3 is 10.2 Å². The quantitative estimate of drug-likeness (QED) is 0.835. The van der Waals surface area contributed by atoms with E-state index >= 15 is 0 Å². The van der Waals surface area contributed by atoms with E-state index in [0.29, 0.717) is 29.5 Å². The van der Waals surface area contributed by atoms with Crippen molar-refractivity contribution in [2.24, 2.45) is 34.5 Å². The van der Waals surface area contributed by atoms with E-state index in [2.05, 4.69) is 13.8 Å². The summed E-state index contributed by atoms with van der Waals surface area (Å²) in [4.78, 5) is 12.4. The fraction of sp³-hybridized carbons (Fsp3) is 0.950. The third-order valence-electron chi connectivity index (χ3n) is 8.26. The number of carbonyl (C=O) groups excluding carboxylic acids is 1. The third-order valence-corrected chi connectivity index (χ3v) is 8.26. The Bertz CT molecular complexity index is 462. The average Bonchev–Trinajstić information content (AvgIpc) is 2.54. The van der Waals surface area contributed by atoms with E-state index < -0.39 is 0 Å². The molecule has 3 aliphatic carbocycles. The van der Waals surface area contributed by atoms with Crippen LogP contribution < -0.4 is 0 Å². The van der Waals surface area contributed by atoms with Crippen LogP contribution in [0.15, 0.2) is 0 Å².